The van der Waals surface area contributed by atoms with Crippen LogP contribution in [0.2, 0.25) is 0 Å². The minimum Gasteiger partial charge on any atom is -0.454 e. The zero-order valence-corrected chi connectivity index (χ0v) is 9.23. The van der Waals surface area contributed by atoms with E-state index in [1.165, 1.54) is 0 Å². The van der Waals surface area contributed by atoms with Gasteiger partial charge in [0.1, 0.15) is 11.2 Å². The molecule has 1 aromatic carbocycles. The fourth-order valence-corrected chi connectivity index (χ4v) is 1.91. The molecule has 1 aromatic heterocycles. The van der Waals surface area contributed by atoms with Crippen LogP contribution in [0.5, 0.6) is 11.5 Å². The van der Waals surface area contributed by atoms with Crippen LogP contribution in [0.3, 0.4) is 0 Å². The van der Waals surface area contributed by atoms with Crippen molar-refractivity contribution >= 4 is 10.9 Å². The number of rotatable bonds is 1. The van der Waals surface area contributed by atoms with Crippen LogP contribution in [-0.2, 0) is 5.66 Å². The first-order valence-electron chi connectivity index (χ1n) is 5.13. The molecule has 16 heavy (non-hydrogen) atoms. The molecule has 0 saturated heterocycles. The molecule has 3 rings (SSSR count). The Kier molecular flexibility index (Phi) is 1.71. The Labute approximate surface area is 92.7 Å². The van der Waals surface area contributed by atoms with Crippen molar-refractivity contribution in [1.29, 1.82) is 0 Å². The molecule has 2 aromatic rings. The van der Waals surface area contributed by atoms with Gasteiger partial charge in [-0.25, -0.2) is 4.68 Å². The number of ether oxygens (including phenoxy) is 2. The van der Waals surface area contributed by atoms with Crippen molar-refractivity contribution in [2.45, 2.75) is 19.5 Å². The molecule has 0 saturated carbocycles. The summed E-state index contributed by atoms with van der Waals surface area (Å²) < 4.78 is 12.6. The first kappa shape index (κ1) is 9.47. The van der Waals surface area contributed by atoms with Gasteiger partial charge in [0.05, 0.1) is 6.20 Å². The molecule has 1 aliphatic rings. The van der Waals surface area contributed by atoms with Crippen LogP contribution in [0.25, 0.3) is 10.9 Å². The number of hydrogen-bond donors (Lipinski definition) is 1. The smallest absolute Gasteiger partial charge is 0.231 e. The number of hydrogen-bond acceptors (Lipinski definition) is 4. The maximum absolute atomic E-state index is 6.07. The molecule has 0 spiro atoms. The molecule has 2 N–H and O–H groups in total. The lowest BCUT2D eigenvalue weighted by Gasteiger charge is -2.20. The lowest BCUT2D eigenvalue weighted by Crippen LogP contribution is -2.37. The van der Waals surface area contributed by atoms with Gasteiger partial charge < -0.3 is 15.2 Å². The Morgan fingerprint density at radius 2 is 2.19 bits per heavy atom. The summed E-state index contributed by atoms with van der Waals surface area (Å²) in [5.41, 5.74) is 6.39. The first-order chi connectivity index (χ1) is 7.57. The highest BCUT2D eigenvalue weighted by atomic mass is 16.7. The molecule has 0 bridgehead atoms. The van der Waals surface area contributed by atoms with Gasteiger partial charge in [-0.2, -0.15) is 5.10 Å². The minimum atomic E-state index is -0.567. The molecule has 5 nitrogen and oxygen atoms in total. The van der Waals surface area contributed by atoms with Crippen LogP contribution in [0, 0.1) is 0 Å². The molecular formula is C11H13N3O2. The van der Waals surface area contributed by atoms with E-state index in [4.69, 9.17) is 15.2 Å². The normalized spacial score (nSPS) is 14.7. The Morgan fingerprint density at radius 1 is 1.38 bits per heavy atom. The average molecular weight is 219 g/mol. The van der Waals surface area contributed by atoms with Crippen LogP contribution in [0.15, 0.2) is 18.3 Å². The first-order valence-corrected chi connectivity index (χ1v) is 5.13. The monoisotopic (exact) mass is 219 g/mol. The lowest BCUT2D eigenvalue weighted by molar-refractivity contribution is 0.174. The molecular weight excluding hydrogens is 206 g/mol. The lowest BCUT2D eigenvalue weighted by atomic mass is 10.2. The van der Waals surface area contributed by atoms with Crippen molar-refractivity contribution in [2.75, 3.05) is 6.79 Å². The summed E-state index contributed by atoms with van der Waals surface area (Å²) >= 11 is 0. The van der Waals surface area contributed by atoms with E-state index >= 15 is 0 Å². The van der Waals surface area contributed by atoms with Crippen LogP contribution >= 0.6 is 0 Å². The SMILES string of the molecule is CC(C)(N)n1ncc2ccc3c(c21)OCO3. The van der Waals surface area contributed by atoms with Crippen LogP contribution in [0.1, 0.15) is 13.8 Å². The number of nitrogens with two attached hydrogens (primary N) is 1. The maximum atomic E-state index is 6.07. The van der Waals surface area contributed by atoms with E-state index in [9.17, 15) is 0 Å². The molecule has 84 valence electrons. The number of benzene rings is 1. The molecule has 5 heteroatoms. The van der Waals surface area contributed by atoms with Crippen molar-refractivity contribution in [2.24, 2.45) is 5.73 Å². The van der Waals surface area contributed by atoms with E-state index in [0.29, 0.717) is 0 Å². The van der Waals surface area contributed by atoms with Crippen molar-refractivity contribution in [3.05, 3.63) is 18.3 Å². The van der Waals surface area contributed by atoms with Crippen molar-refractivity contribution < 1.29 is 9.47 Å². The molecule has 2 heterocycles. The van der Waals surface area contributed by atoms with E-state index < -0.39 is 5.66 Å². The summed E-state index contributed by atoms with van der Waals surface area (Å²) in [6.07, 6.45) is 1.78. The standard InChI is InChI=1S/C11H13N3O2/c1-11(2,12)14-9-7(5-13-14)3-4-8-10(9)16-6-15-8/h3-5H,6,12H2,1-2H3. The van der Waals surface area contributed by atoms with E-state index in [2.05, 4.69) is 5.10 Å². The summed E-state index contributed by atoms with van der Waals surface area (Å²) in [7, 11) is 0. The molecule has 0 amide bonds. The predicted octanol–water partition coefficient (Wildman–Crippen LogP) is 1.42. The molecule has 0 fully saturated rings. The molecule has 0 atom stereocenters. The van der Waals surface area contributed by atoms with Gasteiger partial charge in [0.25, 0.3) is 0 Å². The summed E-state index contributed by atoms with van der Waals surface area (Å²) in [4.78, 5) is 0. The molecule has 0 radical (unpaired) electrons. The van der Waals surface area contributed by atoms with Gasteiger partial charge in [0.15, 0.2) is 11.5 Å². The molecule has 0 unspecified atom stereocenters. The number of fused-ring (bicyclic) bond motifs is 3. The average Bonchev–Trinajstić information content (AvgIpc) is 2.81. The van der Waals surface area contributed by atoms with E-state index in [1.807, 2.05) is 26.0 Å². The summed E-state index contributed by atoms with van der Waals surface area (Å²) in [5.74, 6) is 1.48. The van der Waals surface area contributed by atoms with E-state index in [-0.39, 0.29) is 6.79 Å². The summed E-state index contributed by atoms with van der Waals surface area (Å²) in [6, 6.07) is 3.85. The van der Waals surface area contributed by atoms with Gasteiger partial charge in [-0.05, 0) is 26.0 Å². The quantitative estimate of drug-likeness (QED) is 0.787. The van der Waals surface area contributed by atoms with Crippen LogP contribution in [-0.4, -0.2) is 16.6 Å². The maximum Gasteiger partial charge on any atom is 0.231 e. The van der Waals surface area contributed by atoms with Gasteiger partial charge in [-0.3, -0.25) is 0 Å². The highest BCUT2D eigenvalue weighted by molar-refractivity contribution is 5.88. The van der Waals surface area contributed by atoms with Crippen molar-refractivity contribution in [3.63, 3.8) is 0 Å². The summed E-state index contributed by atoms with van der Waals surface area (Å²) in [5, 5.41) is 5.30. The third-order valence-corrected chi connectivity index (χ3v) is 2.61. The van der Waals surface area contributed by atoms with Gasteiger partial charge >= 0.3 is 0 Å². The highest BCUT2D eigenvalue weighted by Crippen LogP contribution is 2.39. The van der Waals surface area contributed by atoms with E-state index in [0.717, 1.165) is 22.4 Å². The Bertz CT molecular complexity index is 554. The Morgan fingerprint density at radius 3 is 2.94 bits per heavy atom. The fraction of sp³-hybridized carbons (Fsp3) is 0.364. The van der Waals surface area contributed by atoms with Crippen LogP contribution in [0.4, 0.5) is 0 Å². The molecule has 0 aliphatic carbocycles. The van der Waals surface area contributed by atoms with Gasteiger partial charge in [0, 0.05) is 5.39 Å². The second-order valence-electron chi connectivity index (χ2n) is 4.45. The molecule has 1 aliphatic heterocycles. The second kappa shape index (κ2) is 2.89. The minimum absolute atomic E-state index is 0.255. The van der Waals surface area contributed by atoms with Crippen molar-refractivity contribution in [1.82, 2.24) is 9.78 Å². The predicted molar refractivity (Wildman–Crippen MR) is 59.4 cm³/mol. The van der Waals surface area contributed by atoms with Gasteiger partial charge in [-0.15, -0.1) is 0 Å². The largest absolute Gasteiger partial charge is 0.454 e. The fourth-order valence-electron chi connectivity index (χ4n) is 1.91. The topological polar surface area (TPSA) is 62.3 Å². The van der Waals surface area contributed by atoms with Gasteiger partial charge in [-0.1, -0.05) is 0 Å². The van der Waals surface area contributed by atoms with E-state index in [1.54, 1.807) is 10.9 Å². The Balaban J connectivity index is 2.36. The third-order valence-electron chi connectivity index (χ3n) is 2.61. The number of nitrogens with zero attached hydrogens (tertiary/aromatic N) is 2. The number of aromatic nitrogens is 2. The van der Waals surface area contributed by atoms with Crippen molar-refractivity contribution in [3.8, 4) is 11.5 Å². The zero-order chi connectivity index (χ0) is 11.3. The highest BCUT2D eigenvalue weighted by Gasteiger charge is 2.24. The Hall–Kier alpha value is -1.75. The van der Waals surface area contributed by atoms with Gasteiger partial charge in [0.2, 0.25) is 6.79 Å². The summed E-state index contributed by atoms with van der Waals surface area (Å²) in [6.45, 7) is 4.05. The second-order valence-corrected chi connectivity index (χ2v) is 4.45. The van der Waals surface area contributed by atoms with Crippen LogP contribution < -0.4 is 15.2 Å². The zero-order valence-electron chi connectivity index (χ0n) is 9.23. The third kappa shape index (κ3) is 1.18.